The van der Waals surface area contributed by atoms with Crippen LogP contribution in [-0.4, -0.2) is 22.8 Å². The van der Waals surface area contributed by atoms with E-state index >= 15 is 0 Å². The molecule has 0 aliphatic heterocycles. The molecular formula is C15H18N4O. The molecule has 0 bridgehead atoms. The van der Waals surface area contributed by atoms with E-state index in [2.05, 4.69) is 15.3 Å². The van der Waals surface area contributed by atoms with E-state index in [1.165, 1.54) is 5.56 Å². The first-order valence-corrected chi connectivity index (χ1v) is 6.36. The summed E-state index contributed by atoms with van der Waals surface area (Å²) in [6, 6.07) is 11.4. The molecule has 2 rings (SSSR count). The van der Waals surface area contributed by atoms with E-state index in [9.17, 15) is 4.79 Å². The summed E-state index contributed by atoms with van der Waals surface area (Å²) in [6.45, 7) is 1.59. The first-order chi connectivity index (χ1) is 9.69. The van der Waals surface area contributed by atoms with Crippen LogP contribution in [0.25, 0.3) is 0 Å². The van der Waals surface area contributed by atoms with Crippen LogP contribution in [0.5, 0.6) is 0 Å². The molecule has 0 atom stereocenters. The molecule has 0 spiro atoms. The standard InChI is InChI=1S/C15H18N4O/c1-19(10-12-5-7-17-8-6-12)11-13-3-2-4-14(9-13)15(20)18-16/h2-9H,10-11,16H2,1H3,(H,18,20). The van der Waals surface area contributed by atoms with Crippen molar-refractivity contribution in [3.05, 3.63) is 65.5 Å². The SMILES string of the molecule is CN(Cc1ccncc1)Cc1cccc(C(=O)NN)c1. The maximum atomic E-state index is 11.5. The largest absolute Gasteiger partial charge is 0.298 e. The second kappa shape index (κ2) is 6.79. The first-order valence-electron chi connectivity index (χ1n) is 6.36. The fraction of sp³-hybridized carbons (Fsp3) is 0.200. The maximum absolute atomic E-state index is 11.5. The predicted octanol–water partition coefficient (Wildman–Crippen LogP) is 1.32. The molecule has 0 aliphatic rings. The highest BCUT2D eigenvalue weighted by Gasteiger charge is 2.06. The number of pyridine rings is 1. The summed E-state index contributed by atoms with van der Waals surface area (Å²) in [6.07, 6.45) is 3.57. The number of aromatic nitrogens is 1. The van der Waals surface area contributed by atoms with E-state index in [0.29, 0.717) is 5.56 Å². The monoisotopic (exact) mass is 270 g/mol. The Labute approximate surface area is 118 Å². The molecule has 0 radical (unpaired) electrons. The molecule has 1 amide bonds. The molecule has 0 saturated carbocycles. The summed E-state index contributed by atoms with van der Waals surface area (Å²) in [4.78, 5) is 17.7. The highest BCUT2D eigenvalue weighted by Crippen LogP contribution is 2.10. The number of hydrogen-bond acceptors (Lipinski definition) is 4. The van der Waals surface area contributed by atoms with Gasteiger partial charge in [0.2, 0.25) is 0 Å². The van der Waals surface area contributed by atoms with E-state index in [1.807, 2.05) is 37.4 Å². The second-order valence-electron chi connectivity index (χ2n) is 4.70. The van der Waals surface area contributed by atoms with Gasteiger partial charge in [0.05, 0.1) is 0 Å². The third kappa shape index (κ3) is 3.88. The van der Waals surface area contributed by atoms with Crippen LogP contribution < -0.4 is 11.3 Å². The molecule has 1 heterocycles. The summed E-state index contributed by atoms with van der Waals surface area (Å²) in [5.74, 6) is 4.87. The molecule has 0 saturated heterocycles. The summed E-state index contributed by atoms with van der Waals surface area (Å²) in [7, 11) is 2.04. The number of hydrogen-bond donors (Lipinski definition) is 2. The van der Waals surface area contributed by atoms with E-state index < -0.39 is 0 Å². The zero-order chi connectivity index (χ0) is 14.4. The minimum atomic E-state index is -0.274. The zero-order valence-corrected chi connectivity index (χ0v) is 11.4. The number of carbonyl (C=O) groups is 1. The van der Waals surface area contributed by atoms with Crippen LogP contribution in [0.1, 0.15) is 21.5 Å². The van der Waals surface area contributed by atoms with Crippen LogP contribution >= 0.6 is 0 Å². The number of benzene rings is 1. The summed E-state index contributed by atoms with van der Waals surface area (Å²) >= 11 is 0. The minimum Gasteiger partial charge on any atom is -0.298 e. The second-order valence-corrected chi connectivity index (χ2v) is 4.70. The Balaban J connectivity index is 2.01. The topological polar surface area (TPSA) is 71.2 Å². The van der Waals surface area contributed by atoms with Gasteiger partial charge >= 0.3 is 0 Å². The highest BCUT2D eigenvalue weighted by atomic mass is 16.2. The van der Waals surface area contributed by atoms with Crippen molar-refractivity contribution in [2.75, 3.05) is 7.05 Å². The Hall–Kier alpha value is -2.24. The summed E-state index contributed by atoms with van der Waals surface area (Å²) in [5, 5.41) is 0. The lowest BCUT2D eigenvalue weighted by atomic mass is 10.1. The highest BCUT2D eigenvalue weighted by molar-refractivity contribution is 5.93. The lowest BCUT2D eigenvalue weighted by Crippen LogP contribution is -2.30. The number of hydrazine groups is 1. The van der Waals surface area contributed by atoms with E-state index in [0.717, 1.165) is 18.7 Å². The van der Waals surface area contributed by atoms with Crippen molar-refractivity contribution in [2.45, 2.75) is 13.1 Å². The van der Waals surface area contributed by atoms with Crippen molar-refractivity contribution in [3.63, 3.8) is 0 Å². The van der Waals surface area contributed by atoms with Gasteiger partial charge in [-0.3, -0.25) is 20.1 Å². The summed E-state index contributed by atoms with van der Waals surface area (Å²) in [5.41, 5.74) is 4.99. The van der Waals surface area contributed by atoms with Crippen molar-refractivity contribution in [2.24, 2.45) is 5.84 Å². The number of nitrogens with zero attached hydrogens (tertiary/aromatic N) is 2. The van der Waals surface area contributed by atoms with Crippen molar-refractivity contribution in [1.82, 2.24) is 15.3 Å². The normalized spacial score (nSPS) is 10.6. The molecule has 20 heavy (non-hydrogen) atoms. The average Bonchev–Trinajstić information content (AvgIpc) is 2.47. The molecule has 0 aliphatic carbocycles. The van der Waals surface area contributed by atoms with Gasteiger partial charge in [0.1, 0.15) is 0 Å². The van der Waals surface area contributed by atoms with Gasteiger partial charge in [0.25, 0.3) is 5.91 Å². The Morgan fingerprint density at radius 3 is 2.60 bits per heavy atom. The van der Waals surface area contributed by atoms with Crippen LogP contribution in [-0.2, 0) is 13.1 Å². The predicted molar refractivity (Wildman–Crippen MR) is 77.5 cm³/mol. The molecule has 0 unspecified atom stereocenters. The van der Waals surface area contributed by atoms with Crippen LogP contribution in [0.4, 0.5) is 0 Å². The quantitative estimate of drug-likeness (QED) is 0.488. The Kier molecular flexibility index (Phi) is 4.81. The fourth-order valence-electron chi connectivity index (χ4n) is 2.06. The van der Waals surface area contributed by atoms with Gasteiger partial charge in [-0.05, 0) is 42.4 Å². The molecule has 5 heteroatoms. The molecule has 3 N–H and O–H groups in total. The van der Waals surface area contributed by atoms with Gasteiger partial charge in [-0.1, -0.05) is 12.1 Å². The average molecular weight is 270 g/mol. The van der Waals surface area contributed by atoms with Crippen molar-refractivity contribution in [1.29, 1.82) is 0 Å². The van der Waals surface area contributed by atoms with Gasteiger partial charge in [-0.2, -0.15) is 0 Å². The van der Waals surface area contributed by atoms with Crippen molar-refractivity contribution in [3.8, 4) is 0 Å². The fourth-order valence-corrected chi connectivity index (χ4v) is 2.06. The molecule has 1 aromatic carbocycles. The van der Waals surface area contributed by atoms with Gasteiger partial charge in [-0.25, -0.2) is 5.84 Å². The smallest absolute Gasteiger partial charge is 0.265 e. The lowest BCUT2D eigenvalue weighted by molar-refractivity contribution is 0.0953. The van der Waals surface area contributed by atoms with Gasteiger partial charge in [0.15, 0.2) is 0 Å². The van der Waals surface area contributed by atoms with Crippen LogP contribution in [0.15, 0.2) is 48.8 Å². The van der Waals surface area contributed by atoms with Gasteiger partial charge in [0, 0.05) is 31.0 Å². The molecular weight excluding hydrogens is 252 g/mol. The maximum Gasteiger partial charge on any atom is 0.265 e. The minimum absolute atomic E-state index is 0.274. The van der Waals surface area contributed by atoms with E-state index in [-0.39, 0.29) is 5.91 Å². The van der Waals surface area contributed by atoms with Crippen molar-refractivity contribution < 1.29 is 4.79 Å². The Bertz CT molecular complexity index is 571. The van der Waals surface area contributed by atoms with E-state index in [1.54, 1.807) is 18.5 Å². The van der Waals surface area contributed by atoms with Crippen molar-refractivity contribution >= 4 is 5.91 Å². The van der Waals surface area contributed by atoms with Crippen LogP contribution in [0.3, 0.4) is 0 Å². The molecule has 5 nitrogen and oxygen atoms in total. The number of nitrogens with one attached hydrogen (secondary N) is 1. The van der Waals surface area contributed by atoms with Crippen LogP contribution in [0.2, 0.25) is 0 Å². The third-order valence-electron chi connectivity index (χ3n) is 2.97. The van der Waals surface area contributed by atoms with E-state index in [4.69, 9.17) is 5.84 Å². The molecule has 1 aromatic heterocycles. The molecule has 2 aromatic rings. The van der Waals surface area contributed by atoms with Gasteiger partial charge < -0.3 is 0 Å². The number of nitrogens with two attached hydrogens (primary N) is 1. The zero-order valence-electron chi connectivity index (χ0n) is 11.4. The lowest BCUT2D eigenvalue weighted by Gasteiger charge is -2.17. The first kappa shape index (κ1) is 14.2. The Morgan fingerprint density at radius 1 is 1.20 bits per heavy atom. The number of nitrogen functional groups attached to an aromatic ring is 1. The third-order valence-corrected chi connectivity index (χ3v) is 2.97. The number of carbonyl (C=O) groups excluding carboxylic acids is 1. The Morgan fingerprint density at radius 2 is 1.90 bits per heavy atom. The molecule has 0 fully saturated rings. The van der Waals surface area contributed by atoms with Crippen LogP contribution in [0, 0.1) is 0 Å². The summed E-state index contributed by atoms with van der Waals surface area (Å²) < 4.78 is 0. The molecule has 104 valence electrons. The number of rotatable bonds is 5. The number of amides is 1. The van der Waals surface area contributed by atoms with Gasteiger partial charge in [-0.15, -0.1) is 0 Å².